The smallest absolute Gasteiger partial charge is 0.255 e. The van der Waals surface area contributed by atoms with Gasteiger partial charge < -0.3 is 9.42 Å². The molecule has 2 aliphatic heterocycles. The summed E-state index contributed by atoms with van der Waals surface area (Å²) in [6, 6.07) is 14.8. The molecule has 1 unspecified atom stereocenters. The number of carbonyl (C=O) groups is 3. The van der Waals surface area contributed by atoms with E-state index in [-0.39, 0.29) is 18.2 Å². The van der Waals surface area contributed by atoms with Crippen molar-refractivity contribution >= 4 is 17.7 Å². The standard InChI is InChI=1S/C23H19N3O4/c1-13-2-4-14(5-3-13)20-11-18(25-30-20)15-6-7-17-16(10-15)12-26(23(17)29)19-8-9-21(27)24-22(19)28/h2-7,10-11,19H,8-9,12H2,1H3,(H,24,27,28). The summed E-state index contributed by atoms with van der Waals surface area (Å²) in [5.41, 5.74) is 5.05. The summed E-state index contributed by atoms with van der Waals surface area (Å²) in [6.45, 7) is 2.36. The number of nitrogens with zero attached hydrogens (tertiary/aromatic N) is 2. The van der Waals surface area contributed by atoms with Gasteiger partial charge in [0.25, 0.3) is 5.91 Å². The van der Waals surface area contributed by atoms with Gasteiger partial charge in [0, 0.05) is 35.7 Å². The van der Waals surface area contributed by atoms with Crippen molar-refractivity contribution in [1.29, 1.82) is 0 Å². The maximum Gasteiger partial charge on any atom is 0.255 e. The van der Waals surface area contributed by atoms with Crippen LogP contribution in [0.1, 0.15) is 34.3 Å². The van der Waals surface area contributed by atoms with E-state index in [1.165, 1.54) is 10.5 Å². The normalized spacial score (nSPS) is 18.5. The Bertz CT molecular complexity index is 1180. The third kappa shape index (κ3) is 3.08. The van der Waals surface area contributed by atoms with Gasteiger partial charge >= 0.3 is 0 Å². The van der Waals surface area contributed by atoms with Crippen molar-refractivity contribution < 1.29 is 18.9 Å². The van der Waals surface area contributed by atoms with Crippen LogP contribution in [0.15, 0.2) is 53.1 Å². The highest BCUT2D eigenvalue weighted by Gasteiger charge is 2.39. The molecule has 7 heteroatoms. The van der Waals surface area contributed by atoms with Crippen LogP contribution in [0.2, 0.25) is 0 Å². The Morgan fingerprint density at radius 2 is 1.80 bits per heavy atom. The number of hydrogen-bond donors (Lipinski definition) is 1. The number of aromatic nitrogens is 1. The topological polar surface area (TPSA) is 92.5 Å². The summed E-state index contributed by atoms with van der Waals surface area (Å²) in [4.78, 5) is 37.9. The van der Waals surface area contributed by atoms with Crippen LogP contribution in [0.3, 0.4) is 0 Å². The summed E-state index contributed by atoms with van der Waals surface area (Å²) in [5, 5.41) is 6.50. The lowest BCUT2D eigenvalue weighted by Crippen LogP contribution is -2.52. The molecule has 0 aliphatic carbocycles. The zero-order valence-electron chi connectivity index (χ0n) is 16.3. The predicted octanol–water partition coefficient (Wildman–Crippen LogP) is 3.08. The fraction of sp³-hybridized carbons (Fsp3) is 0.217. The van der Waals surface area contributed by atoms with E-state index < -0.39 is 11.9 Å². The van der Waals surface area contributed by atoms with Gasteiger partial charge in [-0.1, -0.05) is 41.1 Å². The number of hydrogen-bond acceptors (Lipinski definition) is 5. The zero-order chi connectivity index (χ0) is 20.8. The van der Waals surface area contributed by atoms with Crippen LogP contribution >= 0.6 is 0 Å². The van der Waals surface area contributed by atoms with Crippen LogP contribution in [0.4, 0.5) is 0 Å². The van der Waals surface area contributed by atoms with Crippen LogP contribution in [0.25, 0.3) is 22.6 Å². The Kier molecular flexibility index (Phi) is 4.24. The number of piperidine rings is 1. The maximum atomic E-state index is 12.8. The molecule has 2 aliphatic rings. The Balaban J connectivity index is 1.40. The first-order chi connectivity index (χ1) is 14.5. The van der Waals surface area contributed by atoms with Crippen LogP contribution in [0.5, 0.6) is 0 Å². The Morgan fingerprint density at radius 3 is 2.57 bits per heavy atom. The van der Waals surface area contributed by atoms with Crippen molar-refractivity contribution in [2.75, 3.05) is 0 Å². The number of aryl methyl sites for hydroxylation is 1. The fourth-order valence-electron chi connectivity index (χ4n) is 4.00. The number of nitrogens with one attached hydrogen (secondary N) is 1. The minimum atomic E-state index is -0.619. The molecular formula is C23H19N3O4. The number of carbonyl (C=O) groups excluding carboxylic acids is 3. The molecular weight excluding hydrogens is 382 g/mol. The summed E-state index contributed by atoms with van der Waals surface area (Å²) in [6.07, 6.45) is 0.586. The Hall–Kier alpha value is -3.74. The SMILES string of the molecule is Cc1ccc(-c2cc(-c3ccc4c(c3)CN(C3CCC(=O)NC3=O)C4=O)no2)cc1. The van der Waals surface area contributed by atoms with E-state index >= 15 is 0 Å². The van der Waals surface area contributed by atoms with Gasteiger partial charge in [-0.2, -0.15) is 0 Å². The molecule has 1 fully saturated rings. The Morgan fingerprint density at radius 1 is 1.03 bits per heavy atom. The second-order valence-electron chi connectivity index (χ2n) is 7.71. The van der Waals surface area contributed by atoms with E-state index in [0.29, 0.717) is 30.0 Å². The van der Waals surface area contributed by atoms with Crippen molar-refractivity contribution in [2.45, 2.75) is 32.4 Å². The van der Waals surface area contributed by atoms with Crippen LogP contribution < -0.4 is 5.32 Å². The number of imide groups is 1. The predicted molar refractivity (Wildman–Crippen MR) is 108 cm³/mol. The van der Waals surface area contributed by atoms with Gasteiger partial charge in [-0.15, -0.1) is 0 Å². The van der Waals surface area contributed by atoms with Crippen molar-refractivity contribution in [3.05, 3.63) is 65.2 Å². The van der Waals surface area contributed by atoms with Crippen molar-refractivity contribution in [3.63, 3.8) is 0 Å². The monoisotopic (exact) mass is 401 g/mol. The largest absolute Gasteiger partial charge is 0.356 e. The number of benzene rings is 2. The molecule has 0 spiro atoms. The van der Waals surface area contributed by atoms with Crippen molar-refractivity contribution in [2.24, 2.45) is 0 Å². The van der Waals surface area contributed by atoms with Crippen molar-refractivity contribution in [3.8, 4) is 22.6 Å². The highest BCUT2D eigenvalue weighted by atomic mass is 16.5. The van der Waals surface area contributed by atoms with Gasteiger partial charge in [-0.25, -0.2) is 0 Å². The summed E-state index contributed by atoms with van der Waals surface area (Å²) >= 11 is 0. The molecule has 7 nitrogen and oxygen atoms in total. The first kappa shape index (κ1) is 18.3. The molecule has 2 aromatic carbocycles. The molecule has 5 rings (SSSR count). The van der Waals surface area contributed by atoms with Gasteiger partial charge in [-0.05, 0) is 31.0 Å². The van der Waals surface area contributed by atoms with Gasteiger partial charge in [0.2, 0.25) is 11.8 Å². The number of rotatable bonds is 3. The van der Waals surface area contributed by atoms with E-state index in [4.69, 9.17) is 4.52 Å². The summed E-state index contributed by atoms with van der Waals surface area (Å²) < 4.78 is 5.51. The lowest BCUT2D eigenvalue weighted by molar-refractivity contribution is -0.136. The van der Waals surface area contributed by atoms with Crippen LogP contribution in [-0.2, 0) is 16.1 Å². The molecule has 150 valence electrons. The third-order valence-corrected chi connectivity index (χ3v) is 5.67. The van der Waals surface area contributed by atoms with E-state index in [1.807, 2.05) is 49.4 Å². The average Bonchev–Trinajstić information content (AvgIpc) is 3.34. The van der Waals surface area contributed by atoms with Gasteiger partial charge in [0.15, 0.2) is 5.76 Å². The third-order valence-electron chi connectivity index (χ3n) is 5.67. The molecule has 1 N–H and O–H groups in total. The zero-order valence-corrected chi connectivity index (χ0v) is 16.3. The van der Waals surface area contributed by atoms with Gasteiger partial charge in [0.05, 0.1) is 0 Å². The number of fused-ring (bicyclic) bond motifs is 1. The van der Waals surface area contributed by atoms with Crippen LogP contribution in [0, 0.1) is 6.92 Å². The molecule has 1 saturated heterocycles. The average molecular weight is 401 g/mol. The highest BCUT2D eigenvalue weighted by Crippen LogP contribution is 2.32. The second-order valence-corrected chi connectivity index (χ2v) is 7.71. The van der Waals surface area contributed by atoms with E-state index in [2.05, 4.69) is 10.5 Å². The minimum Gasteiger partial charge on any atom is -0.356 e. The summed E-state index contributed by atoms with van der Waals surface area (Å²) in [5.74, 6) is -0.219. The Labute approximate surface area is 172 Å². The molecule has 3 aromatic rings. The first-order valence-corrected chi connectivity index (χ1v) is 9.81. The minimum absolute atomic E-state index is 0.188. The highest BCUT2D eigenvalue weighted by molar-refractivity contribution is 6.05. The lowest BCUT2D eigenvalue weighted by atomic mass is 10.0. The molecule has 1 aromatic heterocycles. The molecule has 1 atom stereocenters. The van der Waals surface area contributed by atoms with E-state index in [1.54, 1.807) is 6.07 Å². The quantitative estimate of drug-likeness (QED) is 0.681. The summed E-state index contributed by atoms with van der Waals surface area (Å²) in [7, 11) is 0. The lowest BCUT2D eigenvalue weighted by Gasteiger charge is -2.29. The van der Waals surface area contributed by atoms with Gasteiger partial charge in [0.1, 0.15) is 11.7 Å². The van der Waals surface area contributed by atoms with Crippen LogP contribution in [-0.4, -0.2) is 33.8 Å². The van der Waals surface area contributed by atoms with Crippen molar-refractivity contribution in [1.82, 2.24) is 15.4 Å². The molecule has 0 radical (unpaired) electrons. The second kappa shape index (κ2) is 6.95. The first-order valence-electron chi connectivity index (χ1n) is 9.81. The fourth-order valence-corrected chi connectivity index (χ4v) is 4.00. The van der Waals surface area contributed by atoms with E-state index in [0.717, 1.165) is 16.7 Å². The number of amides is 3. The molecule has 30 heavy (non-hydrogen) atoms. The molecule has 3 heterocycles. The molecule has 3 amide bonds. The molecule has 0 saturated carbocycles. The molecule has 0 bridgehead atoms. The maximum absolute atomic E-state index is 12.8. The van der Waals surface area contributed by atoms with E-state index in [9.17, 15) is 14.4 Å². The van der Waals surface area contributed by atoms with Gasteiger partial charge in [-0.3, -0.25) is 19.7 Å².